The van der Waals surface area contributed by atoms with Crippen LogP contribution in [0.1, 0.15) is 40.9 Å². The first kappa shape index (κ1) is 20.4. The molecule has 4 aromatic rings. The van der Waals surface area contributed by atoms with E-state index in [1.807, 2.05) is 66.7 Å². The highest BCUT2D eigenvalue weighted by atomic mass is 16.5. The normalized spacial score (nSPS) is 11.2. The summed E-state index contributed by atoms with van der Waals surface area (Å²) in [6.45, 7) is 4.38. The molecular formula is C28H25NO2. The minimum Gasteiger partial charge on any atom is -0.457 e. The topological polar surface area (TPSA) is 52.3 Å². The average Bonchev–Trinajstić information content (AvgIpc) is 2.80. The van der Waals surface area contributed by atoms with Crippen molar-refractivity contribution in [1.82, 2.24) is 0 Å². The summed E-state index contributed by atoms with van der Waals surface area (Å²) in [6, 6.07) is 32.6. The van der Waals surface area contributed by atoms with Crippen LogP contribution in [0.2, 0.25) is 0 Å². The van der Waals surface area contributed by atoms with Crippen LogP contribution in [0.15, 0.2) is 103 Å². The molecule has 0 saturated heterocycles. The van der Waals surface area contributed by atoms with Gasteiger partial charge in [-0.05, 0) is 59.7 Å². The van der Waals surface area contributed by atoms with Crippen LogP contribution >= 0.6 is 0 Å². The zero-order chi connectivity index (χ0) is 21.8. The second kappa shape index (κ2) is 8.49. The molecule has 2 N–H and O–H groups in total. The number of rotatable bonds is 6. The summed E-state index contributed by atoms with van der Waals surface area (Å²) in [5.74, 6) is 1.44. The Morgan fingerprint density at radius 3 is 1.65 bits per heavy atom. The number of ether oxygens (including phenoxy) is 1. The fourth-order valence-corrected chi connectivity index (χ4v) is 3.57. The molecule has 0 spiro atoms. The molecule has 0 amide bonds. The number of benzene rings is 4. The molecule has 0 unspecified atom stereocenters. The number of hydrogen-bond acceptors (Lipinski definition) is 3. The van der Waals surface area contributed by atoms with Crippen molar-refractivity contribution >= 4 is 11.5 Å². The van der Waals surface area contributed by atoms with E-state index in [2.05, 4.69) is 38.1 Å². The molecule has 0 aliphatic heterocycles. The van der Waals surface area contributed by atoms with Gasteiger partial charge in [-0.25, -0.2) is 0 Å². The maximum atomic E-state index is 12.5. The summed E-state index contributed by atoms with van der Waals surface area (Å²) in [7, 11) is 0. The van der Waals surface area contributed by atoms with Gasteiger partial charge in [-0.3, -0.25) is 4.79 Å². The van der Waals surface area contributed by atoms with Crippen molar-refractivity contribution in [3.8, 4) is 11.5 Å². The van der Waals surface area contributed by atoms with E-state index in [0.717, 1.165) is 11.4 Å². The first-order valence-electron chi connectivity index (χ1n) is 10.3. The Labute approximate surface area is 183 Å². The Kier molecular flexibility index (Phi) is 5.59. The van der Waals surface area contributed by atoms with Crippen LogP contribution in [-0.2, 0) is 5.41 Å². The Bertz CT molecular complexity index is 1160. The van der Waals surface area contributed by atoms with E-state index in [9.17, 15) is 4.79 Å². The second-order valence-corrected chi connectivity index (χ2v) is 8.09. The maximum absolute atomic E-state index is 12.5. The molecule has 4 aromatic carbocycles. The van der Waals surface area contributed by atoms with Gasteiger partial charge in [0, 0.05) is 22.2 Å². The summed E-state index contributed by atoms with van der Waals surface area (Å²) in [5, 5.41) is 0. The lowest BCUT2D eigenvalue weighted by Crippen LogP contribution is -2.18. The monoisotopic (exact) mass is 407 g/mol. The smallest absolute Gasteiger partial charge is 0.193 e. The molecule has 3 nitrogen and oxygen atoms in total. The molecule has 4 rings (SSSR count). The quantitative estimate of drug-likeness (QED) is 0.289. The molecule has 0 fully saturated rings. The molecular weight excluding hydrogens is 382 g/mol. The second-order valence-electron chi connectivity index (χ2n) is 8.09. The highest BCUT2D eigenvalue weighted by Gasteiger charge is 2.23. The molecule has 0 heterocycles. The van der Waals surface area contributed by atoms with E-state index in [1.54, 1.807) is 12.1 Å². The van der Waals surface area contributed by atoms with Crippen LogP contribution in [0.4, 0.5) is 5.69 Å². The highest BCUT2D eigenvalue weighted by molar-refractivity contribution is 6.08. The van der Waals surface area contributed by atoms with Crippen molar-refractivity contribution in [2.24, 2.45) is 0 Å². The molecule has 0 aliphatic rings. The van der Waals surface area contributed by atoms with E-state index in [-0.39, 0.29) is 11.2 Å². The zero-order valence-corrected chi connectivity index (χ0v) is 17.7. The molecule has 0 atom stereocenters. The number of carbonyl (C=O) groups is 1. The summed E-state index contributed by atoms with van der Waals surface area (Å²) in [6.07, 6.45) is 0. The molecule has 0 saturated carbocycles. The Hall–Kier alpha value is -3.85. The number of hydrogen-bond donors (Lipinski definition) is 1. The Balaban J connectivity index is 1.46. The molecule has 154 valence electrons. The Morgan fingerprint density at radius 1 is 0.645 bits per heavy atom. The molecule has 0 radical (unpaired) electrons. The van der Waals surface area contributed by atoms with Crippen molar-refractivity contribution in [2.45, 2.75) is 19.3 Å². The van der Waals surface area contributed by atoms with Gasteiger partial charge in [-0.2, -0.15) is 0 Å². The Morgan fingerprint density at radius 2 is 1.10 bits per heavy atom. The lowest BCUT2D eigenvalue weighted by Gasteiger charge is -2.26. The third-order valence-electron chi connectivity index (χ3n) is 5.60. The van der Waals surface area contributed by atoms with Crippen molar-refractivity contribution < 1.29 is 9.53 Å². The lowest BCUT2D eigenvalue weighted by molar-refractivity contribution is 0.103. The average molecular weight is 408 g/mol. The summed E-state index contributed by atoms with van der Waals surface area (Å²) >= 11 is 0. The molecule has 0 aromatic heterocycles. The SMILES string of the molecule is CC(C)(c1ccc(N)cc1)c1ccc(Oc2ccc(C(=O)c3ccccc3)cc2)cc1. The van der Waals surface area contributed by atoms with E-state index in [1.165, 1.54) is 11.1 Å². The number of anilines is 1. The number of nitrogens with two attached hydrogens (primary N) is 1. The zero-order valence-electron chi connectivity index (χ0n) is 17.7. The summed E-state index contributed by atoms with van der Waals surface area (Å²) in [5.41, 5.74) is 10.1. The van der Waals surface area contributed by atoms with Gasteiger partial charge in [-0.1, -0.05) is 68.4 Å². The third-order valence-corrected chi connectivity index (χ3v) is 5.60. The van der Waals surface area contributed by atoms with Gasteiger partial charge in [0.25, 0.3) is 0 Å². The van der Waals surface area contributed by atoms with Gasteiger partial charge >= 0.3 is 0 Å². The first-order chi connectivity index (χ1) is 14.9. The minimum atomic E-state index is -0.147. The highest BCUT2D eigenvalue weighted by Crippen LogP contribution is 2.33. The van der Waals surface area contributed by atoms with E-state index in [0.29, 0.717) is 16.9 Å². The summed E-state index contributed by atoms with van der Waals surface area (Å²) < 4.78 is 5.98. The molecule has 31 heavy (non-hydrogen) atoms. The van der Waals surface area contributed by atoms with Gasteiger partial charge in [-0.15, -0.1) is 0 Å². The minimum absolute atomic E-state index is 0.00130. The first-order valence-corrected chi connectivity index (χ1v) is 10.3. The van der Waals surface area contributed by atoms with Gasteiger partial charge < -0.3 is 10.5 Å². The predicted molar refractivity (Wildman–Crippen MR) is 126 cm³/mol. The number of ketones is 1. The fourth-order valence-electron chi connectivity index (χ4n) is 3.57. The van der Waals surface area contributed by atoms with Crippen LogP contribution in [0.5, 0.6) is 11.5 Å². The van der Waals surface area contributed by atoms with E-state index >= 15 is 0 Å². The summed E-state index contributed by atoms with van der Waals surface area (Å²) in [4.78, 5) is 12.5. The fraction of sp³-hybridized carbons (Fsp3) is 0.107. The predicted octanol–water partition coefficient (Wildman–Crippen LogP) is 6.62. The largest absolute Gasteiger partial charge is 0.457 e. The standard InChI is InChI=1S/C28H25NO2/c1-28(2,22-10-14-24(29)15-11-22)23-12-18-26(19-13-23)31-25-16-8-21(9-17-25)27(30)20-6-4-3-5-7-20/h3-19H,29H2,1-2H3. The van der Waals surface area contributed by atoms with Crippen molar-refractivity contribution in [1.29, 1.82) is 0 Å². The van der Waals surface area contributed by atoms with Gasteiger partial charge in [0.2, 0.25) is 0 Å². The molecule has 3 heteroatoms. The van der Waals surface area contributed by atoms with Gasteiger partial charge in [0.1, 0.15) is 11.5 Å². The number of nitrogen functional groups attached to an aromatic ring is 1. The van der Waals surface area contributed by atoms with Crippen LogP contribution in [0.3, 0.4) is 0 Å². The van der Waals surface area contributed by atoms with Crippen LogP contribution < -0.4 is 10.5 Å². The van der Waals surface area contributed by atoms with E-state index in [4.69, 9.17) is 10.5 Å². The van der Waals surface area contributed by atoms with Crippen molar-refractivity contribution in [3.05, 3.63) is 125 Å². The third kappa shape index (κ3) is 4.51. The maximum Gasteiger partial charge on any atom is 0.193 e. The van der Waals surface area contributed by atoms with Crippen LogP contribution in [0.25, 0.3) is 0 Å². The lowest BCUT2D eigenvalue weighted by atomic mass is 9.78. The van der Waals surface area contributed by atoms with Gasteiger partial charge in [0.05, 0.1) is 0 Å². The van der Waals surface area contributed by atoms with Crippen LogP contribution in [-0.4, -0.2) is 5.78 Å². The molecule has 0 aliphatic carbocycles. The number of carbonyl (C=O) groups excluding carboxylic acids is 1. The van der Waals surface area contributed by atoms with Gasteiger partial charge in [0.15, 0.2) is 5.78 Å². The molecule has 0 bridgehead atoms. The van der Waals surface area contributed by atoms with E-state index < -0.39 is 0 Å². The van der Waals surface area contributed by atoms with Crippen molar-refractivity contribution in [3.63, 3.8) is 0 Å². The van der Waals surface area contributed by atoms with Crippen LogP contribution in [0, 0.1) is 0 Å². The van der Waals surface area contributed by atoms with Crippen molar-refractivity contribution in [2.75, 3.05) is 5.73 Å².